The zero-order chi connectivity index (χ0) is 25.9. The molecule has 5 atom stereocenters. The van der Waals surface area contributed by atoms with Crippen molar-refractivity contribution in [1.82, 2.24) is 10.2 Å². The molecule has 7 nitrogen and oxygen atoms in total. The van der Waals surface area contributed by atoms with Crippen LogP contribution in [0, 0.1) is 11.8 Å². The highest BCUT2D eigenvalue weighted by Crippen LogP contribution is 2.43. The molecule has 2 fully saturated rings. The van der Waals surface area contributed by atoms with Gasteiger partial charge in [0.15, 0.2) is 0 Å². The molecule has 0 unspecified atom stereocenters. The third-order valence-electron chi connectivity index (χ3n) is 7.09. The first-order valence-electron chi connectivity index (χ1n) is 12.6. The number of nitrogens with zero attached hydrogens (tertiary/aromatic N) is 1. The van der Waals surface area contributed by atoms with Gasteiger partial charge in [-0.1, -0.05) is 60.7 Å². The second-order valence-corrected chi connectivity index (χ2v) is 10.8. The molecule has 0 aromatic heterocycles. The lowest BCUT2D eigenvalue weighted by molar-refractivity contribution is -0.156. The van der Waals surface area contributed by atoms with Crippen LogP contribution in [0.2, 0.25) is 0 Å². The summed E-state index contributed by atoms with van der Waals surface area (Å²) in [4.78, 5) is 41.0. The van der Waals surface area contributed by atoms with Gasteiger partial charge in [-0.15, -0.1) is 0 Å². The van der Waals surface area contributed by atoms with Crippen molar-refractivity contribution in [2.45, 2.75) is 70.2 Å². The number of methoxy groups -OCH3 is 1. The molecule has 0 aliphatic carbocycles. The largest absolute Gasteiger partial charge is 0.467 e. The van der Waals surface area contributed by atoms with E-state index in [2.05, 4.69) is 29.6 Å². The Bertz CT molecular complexity index is 1070. The molecule has 0 radical (unpaired) electrons. The van der Waals surface area contributed by atoms with E-state index in [0.717, 1.165) is 18.4 Å². The van der Waals surface area contributed by atoms with E-state index in [1.807, 2.05) is 36.4 Å². The van der Waals surface area contributed by atoms with Crippen LogP contribution < -0.4 is 5.32 Å². The number of nitrogens with one attached hydrogen (secondary N) is 1. The van der Waals surface area contributed by atoms with Crippen LogP contribution in [-0.4, -0.2) is 53.7 Å². The van der Waals surface area contributed by atoms with Gasteiger partial charge in [-0.2, -0.15) is 0 Å². The maximum Gasteiger partial charge on any atom is 0.408 e. The van der Waals surface area contributed by atoms with E-state index >= 15 is 0 Å². The molecular weight excluding hydrogens is 456 g/mol. The second-order valence-electron chi connectivity index (χ2n) is 10.8. The average molecular weight is 493 g/mol. The summed E-state index contributed by atoms with van der Waals surface area (Å²) in [7, 11) is 1.36. The maximum atomic E-state index is 13.8. The summed E-state index contributed by atoms with van der Waals surface area (Å²) in [5.74, 6) is -0.522. The van der Waals surface area contributed by atoms with Crippen LogP contribution in [0.15, 0.2) is 60.7 Å². The predicted octanol–water partition coefficient (Wildman–Crippen LogP) is 4.14. The lowest BCUT2D eigenvalue weighted by Crippen LogP contribution is -2.62. The average Bonchev–Trinajstić information content (AvgIpc) is 3.21. The van der Waals surface area contributed by atoms with Crippen molar-refractivity contribution in [2.75, 3.05) is 7.11 Å². The Morgan fingerprint density at radius 2 is 1.44 bits per heavy atom. The minimum atomic E-state index is -0.771. The van der Waals surface area contributed by atoms with Gasteiger partial charge in [0.05, 0.1) is 7.11 Å². The highest BCUT2D eigenvalue weighted by Gasteiger charge is 2.55. The Morgan fingerprint density at radius 3 is 1.94 bits per heavy atom. The number of carbonyl (C=O) groups is 3. The van der Waals surface area contributed by atoms with E-state index in [4.69, 9.17) is 9.47 Å². The fourth-order valence-corrected chi connectivity index (χ4v) is 5.77. The molecule has 4 rings (SSSR count). The van der Waals surface area contributed by atoms with Gasteiger partial charge in [0.2, 0.25) is 5.91 Å². The number of rotatable bonds is 6. The van der Waals surface area contributed by atoms with Crippen molar-refractivity contribution in [3.05, 3.63) is 71.8 Å². The Labute approximate surface area is 213 Å². The van der Waals surface area contributed by atoms with Crippen LogP contribution >= 0.6 is 0 Å². The number of fused-ring (bicyclic) bond motifs is 1. The summed E-state index contributed by atoms with van der Waals surface area (Å²) >= 11 is 0. The van der Waals surface area contributed by atoms with E-state index in [-0.39, 0.29) is 23.8 Å². The SMILES string of the molecule is COC(=O)[C@@H]1C[C@H](Cc2ccccc2)[C@@H]2[C@@H](Cc3ccccc3)C[C@H](NC(=O)OC(C)(C)C)C(=O)N21. The third kappa shape index (κ3) is 5.89. The van der Waals surface area contributed by atoms with Gasteiger partial charge >= 0.3 is 12.1 Å². The van der Waals surface area contributed by atoms with E-state index in [9.17, 15) is 14.4 Å². The quantitative estimate of drug-likeness (QED) is 0.613. The maximum absolute atomic E-state index is 13.8. The van der Waals surface area contributed by atoms with Crippen LogP contribution in [0.5, 0.6) is 0 Å². The molecule has 7 heteroatoms. The van der Waals surface area contributed by atoms with Crippen LogP contribution in [0.1, 0.15) is 44.7 Å². The molecule has 2 heterocycles. The van der Waals surface area contributed by atoms with Gasteiger partial charge in [0, 0.05) is 6.04 Å². The van der Waals surface area contributed by atoms with Crippen molar-refractivity contribution in [3.63, 3.8) is 0 Å². The minimum Gasteiger partial charge on any atom is -0.467 e. The van der Waals surface area contributed by atoms with Crippen molar-refractivity contribution in [3.8, 4) is 0 Å². The number of amides is 2. The molecule has 0 bridgehead atoms. The number of esters is 1. The zero-order valence-electron chi connectivity index (χ0n) is 21.5. The molecule has 36 heavy (non-hydrogen) atoms. The molecule has 2 aromatic rings. The summed E-state index contributed by atoms with van der Waals surface area (Å²) in [5, 5.41) is 2.79. The topological polar surface area (TPSA) is 84.9 Å². The Kier molecular flexibility index (Phi) is 7.67. The second kappa shape index (κ2) is 10.7. The minimum absolute atomic E-state index is 0.0494. The molecule has 2 aliphatic rings. The van der Waals surface area contributed by atoms with E-state index in [0.29, 0.717) is 12.8 Å². The lowest BCUT2D eigenvalue weighted by atomic mass is 9.76. The summed E-state index contributed by atoms with van der Waals surface area (Å²) in [6.45, 7) is 5.35. The highest BCUT2D eigenvalue weighted by molar-refractivity contribution is 5.91. The number of hydrogen-bond donors (Lipinski definition) is 1. The standard InChI is InChI=1S/C29H36N2O5/c1-29(2,3)36-28(34)30-23-17-21(15-19-11-7-5-8-12-19)25-22(16-20-13-9-6-10-14-20)18-24(27(33)35-4)31(25)26(23)32/h5-14,21-25H,15-18H2,1-4H3,(H,30,34)/t21-,22-,23-,24-,25-/m0/s1. The van der Waals surface area contributed by atoms with Crippen molar-refractivity contribution < 1.29 is 23.9 Å². The van der Waals surface area contributed by atoms with Crippen LogP contribution in [0.4, 0.5) is 4.79 Å². The van der Waals surface area contributed by atoms with Crippen molar-refractivity contribution >= 4 is 18.0 Å². The molecule has 2 amide bonds. The lowest BCUT2D eigenvalue weighted by Gasteiger charge is -2.44. The van der Waals surface area contributed by atoms with Gasteiger partial charge in [0.25, 0.3) is 0 Å². The Balaban J connectivity index is 1.67. The number of carbonyl (C=O) groups excluding carboxylic acids is 3. The third-order valence-corrected chi connectivity index (χ3v) is 7.09. The van der Waals surface area contributed by atoms with Gasteiger partial charge in [-0.3, -0.25) is 4.79 Å². The highest BCUT2D eigenvalue weighted by atomic mass is 16.6. The number of ether oxygens (including phenoxy) is 2. The van der Waals surface area contributed by atoms with Gasteiger partial charge < -0.3 is 19.7 Å². The smallest absolute Gasteiger partial charge is 0.408 e. The summed E-state index contributed by atoms with van der Waals surface area (Å²) in [6, 6.07) is 18.7. The van der Waals surface area contributed by atoms with E-state index in [1.54, 1.807) is 25.7 Å². The molecule has 2 aromatic carbocycles. The monoisotopic (exact) mass is 492 g/mol. The van der Waals surface area contributed by atoms with Gasteiger partial charge in [0.1, 0.15) is 17.7 Å². The fourth-order valence-electron chi connectivity index (χ4n) is 5.77. The van der Waals surface area contributed by atoms with Crippen LogP contribution in [-0.2, 0) is 31.9 Å². The number of benzene rings is 2. The normalized spacial score (nSPS) is 25.7. The molecular formula is C29H36N2O5. The first-order chi connectivity index (χ1) is 17.2. The summed E-state index contributed by atoms with van der Waals surface area (Å²) < 4.78 is 10.6. The zero-order valence-corrected chi connectivity index (χ0v) is 21.5. The summed E-state index contributed by atoms with van der Waals surface area (Å²) in [6.07, 6.45) is 1.88. The Morgan fingerprint density at radius 1 is 0.917 bits per heavy atom. The molecule has 2 saturated heterocycles. The predicted molar refractivity (Wildman–Crippen MR) is 136 cm³/mol. The molecule has 0 spiro atoms. The first kappa shape index (κ1) is 25.7. The first-order valence-corrected chi connectivity index (χ1v) is 12.6. The van der Waals surface area contributed by atoms with Crippen LogP contribution in [0.25, 0.3) is 0 Å². The molecule has 0 saturated carbocycles. The van der Waals surface area contributed by atoms with Gasteiger partial charge in [-0.05, 0) is 69.4 Å². The molecule has 192 valence electrons. The number of hydrogen-bond acceptors (Lipinski definition) is 5. The summed E-state index contributed by atoms with van der Waals surface area (Å²) in [5.41, 5.74) is 1.65. The molecule has 2 aliphatic heterocycles. The van der Waals surface area contributed by atoms with Crippen molar-refractivity contribution in [2.24, 2.45) is 11.8 Å². The van der Waals surface area contributed by atoms with Gasteiger partial charge in [-0.25, -0.2) is 9.59 Å². The van der Waals surface area contributed by atoms with Crippen LogP contribution in [0.3, 0.4) is 0 Å². The molecule has 1 N–H and O–H groups in total. The van der Waals surface area contributed by atoms with E-state index in [1.165, 1.54) is 12.7 Å². The van der Waals surface area contributed by atoms with Crippen molar-refractivity contribution in [1.29, 1.82) is 0 Å². The fraction of sp³-hybridized carbons (Fsp3) is 0.483. The van der Waals surface area contributed by atoms with E-state index < -0.39 is 29.7 Å². The number of piperidine rings is 1. The Hall–Kier alpha value is -3.35. The number of alkyl carbamates (subject to hydrolysis) is 1.